The number of amides is 1. The minimum atomic E-state index is -0.885. The van der Waals surface area contributed by atoms with Crippen molar-refractivity contribution in [3.63, 3.8) is 0 Å². The fraction of sp³-hybridized carbons (Fsp3) is 0.500. The molecule has 3 N–H and O–H groups in total. The molecule has 2 atom stereocenters. The van der Waals surface area contributed by atoms with E-state index in [2.05, 4.69) is 12.2 Å². The monoisotopic (exact) mass is 268 g/mol. The molecule has 0 aromatic heterocycles. The van der Waals surface area contributed by atoms with Crippen molar-refractivity contribution in [1.29, 1.82) is 0 Å². The van der Waals surface area contributed by atoms with Crippen LogP contribution in [0.1, 0.15) is 36.5 Å². The summed E-state index contributed by atoms with van der Waals surface area (Å²) in [6.45, 7) is 2.71. The van der Waals surface area contributed by atoms with Gasteiger partial charge in [0, 0.05) is 12.6 Å². The van der Waals surface area contributed by atoms with Crippen LogP contribution in [0.2, 0.25) is 0 Å². The van der Waals surface area contributed by atoms with Gasteiger partial charge in [0.1, 0.15) is 11.6 Å². The molecule has 1 aliphatic rings. The molecule has 2 rings (SSSR count). The molecular formula is C14H18F2N2O. The molecule has 2 unspecified atom stereocenters. The number of anilines is 1. The lowest BCUT2D eigenvalue weighted by molar-refractivity contribution is 0.0943. The van der Waals surface area contributed by atoms with E-state index in [-0.39, 0.29) is 11.3 Å². The van der Waals surface area contributed by atoms with Crippen molar-refractivity contribution >= 4 is 11.6 Å². The average molecular weight is 268 g/mol. The fourth-order valence-electron chi connectivity index (χ4n) is 2.58. The molecule has 5 heteroatoms. The van der Waals surface area contributed by atoms with Gasteiger partial charge >= 0.3 is 0 Å². The molecule has 0 radical (unpaired) electrons. The van der Waals surface area contributed by atoms with E-state index in [4.69, 9.17) is 5.73 Å². The zero-order valence-electron chi connectivity index (χ0n) is 10.9. The average Bonchev–Trinajstić information content (AvgIpc) is 2.77. The molecule has 1 saturated carbocycles. The third-order valence-corrected chi connectivity index (χ3v) is 3.69. The number of carbonyl (C=O) groups is 1. The van der Waals surface area contributed by atoms with Gasteiger partial charge in [-0.1, -0.05) is 13.3 Å². The molecule has 1 aromatic carbocycles. The van der Waals surface area contributed by atoms with E-state index in [0.717, 1.165) is 18.9 Å². The lowest BCUT2D eigenvalue weighted by atomic mass is 10.1. The van der Waals surface area contributed by atoms with Crippen molar-refractivity contribution in [2.45, 2.75) is 26.2 Å². The van der Waals surface area contributed by atoms with Crippen molar-refractivity contribution in [3.05, 3.63) is 29.3 Å². The molecule has 19 heavy (non-hydrogen) atoms. The highest BCUT2D eigenvalue weighted by molar-refractivity contribution is 5.95. The summed E-state index contributed by atoms with van der Waals surface area (Å²) in [5.41, 5.74) is 4.92. The number of nitrogens with two attached hydrogens (primary N) is 1. The standard InChI is InChI=1S/C14H18F2N2O/c1-8-2-3-9(4-8)7-18-14(19)10-5-13(17)12(16)6-11(10)15/h5-6,8-9H,2-4,7,17H2,1H3,(H,18,19). The van der Waals surface area contributed by atoms with E-state index in [9.17, 15) is 13.6 Å². The number of carbonyl (C=O) groups excluding carboxylic acids is 1. The summed E-state index contributed by atoms with van der Waals surface area (Å²) in [6, 6.07) is 1.68. The van der Waals surface area contributed by atoms with Crippen molar-refractivity contribution in [2.24, 2.45) is 11.8 Å². The third-order valence-electron chi connectivity index (χ3n) is 3.69. The minimum Gasteiger partial charge on any atom is -0.396 e. The van der Waals surface area contributed by atoms with Crippen LogP contribution >= 0.6 is 0 Å². The van der Waals surface area contributed by atoms with E-state index >= 15 is 0 Å². The lowest BCUT2D eigenvalue weighted by Crippen LogP contribution is -2.29. The number of halogens is 2. The van der Waals surface area contributed by atoms with E-state index in [1.54, 1.807) is 0 Å². The van der Waals surface area contributed by atoms with Crippen LogP contribution in [-0.2, 0) is 0 Å². The second-order valence-corrected chi connectivity index (χ2v) is 5.35. The van der Waals surface area contributed by atoms with E-state index in [1.165, 1.54) is 6.42 Å². The molecule has 104 valence electrons. The topological polar surface area (TPSA) is 55.1 Å². The maximum atomic E-state index is 13.5. The number of benzene rings is 1. The van der Waals surface area contributed by atoms with Crippen LogP contribution < -0.4 is 11.1 Å². The molecule has 0 heterocycles. The summed E-state index contributed by atoms with van der Waals surface area (Å²) in [7, 11) is 0. The van der Waals surface area contributed by atoms with Crippen molar-refractivity contribution in [3.8, 4) is 0 Å². The smallest absolute Gasteiger partial charge is 0.254 e. The Kier molecular flexibility index (Phi) is 4.02. The van der Waals surface area contributed by atoms with Crippen LogP contribution in [0.15, 0.2) is 12.1 Å². The molecule has 0 aliphatic heterocycles. The van der Waals surface area contributed by atoms with Crippen LogP contribution in [0.3, 0.4) is 0 Å². The first-order valence-corrected chi connectivity index (χ1v) is 6.50. The van der Waals surface area contributed by atoms with Gasteiger partial charge in [0.05, 0.1) is 11.3 Å². The summed E-state index contributed by atoms with van der Waals surface area (Å²) < 4.78 is 26.5. The molecule has 1 fully saturated rings. The fourth-order valence-corrected chi connectivity index (χ4v) is 2.58. The van der Waals surface area contributed by atoms with E-state index in [0.29, 0.717) is 24.4 Å². The zero-order valence-corrected chi connectivity index (χ0v) is 10.9. The zero-order chi connectivity index (χ0) is 14.0. The van der Waals surface area contributed by atoms with Crippen molar-refractivity contribution in [1.82, 2.24) is 5.32 Å². The molecule has 1 aliphatic carbocycles. The molecule has 0 saturated heterocycles. The molecule has 3 nitrogen and oxygen atoms in total. The van der Waals surface area contributed by atoms with Gasteiger partial charge in [-0.3, -0.25) is 4.79 Å². The van der Waals surface area contributed by atoms with Gasteiger partial charge in [0.25, 0.3) is 5.91 Å². The first-order chi connectivity index (χ1) is 8.97. The normalized spacial score (nSPS) is 22.5. The maximum Gasteiger partial charge on any atom is 0.254 e. The Morgan fingerprint density at radius 3 is 2.74 bits per heavy atom. The molecule has 0 spiro atoms. The van der Waals surface area contributed by atoms with Crippen LogP contribution in [0.25, 0.3) is 0 Å². The van der Waals surface area contributed by atoms with Gasteiger partial charge in [-0.25, -0.2) is 8.78 Å². The first kappa shape index (κ1) is 13.8. The van der Waals surface area contributed by atoms with Gasteiger partial charge < -0.3 is 11.1 Å². The quantitative estimate of drug-likeness (QED) is 0.828. The second-order valence-electron chi connectivity index (χ2n) is 5.35. The Labute approximate surface area is 111 Å². The summed E-state index contributed by atoms with van der Waals surface area (Å²) >= 11 is 0. The predicted molar refractivity (Wildman–Crippen MR) is 69.6 cm³/mol. The third kappa shape index (κ3) is 3.22. The van der Waals surface area contributed by atoms with Crippen LogP contribution in [-0.4, -0.2) is 12.5 Å². The summed E-state index contributed by atoms with van der Waals surface area (Å²) in [5.74, 6) is -1.15. The lowest BCUT2D eigenvalue weighted by Gasteiger charge is -2.12. The summed E-state index contributed by atoms with van der Waals surface area (Å²) in [6.07, 6.45) is 3.32. The Hall–Kier alpha value is -1.65. The van der Waals surface area contributed by atoms with Gasteiger partial charge in [-0.2, -0.15) is 0 Å². The second kappa shape index (κ2) is 5.55. The number of nitrogens with one attached hydrogen (secondary N) is 1. The van der Waals surface area contributed by atoms with Crippen LogP contribution in [0.5, 0.6) is 0 Å². The Morgan fingerprint density at radius 1 is 1.37 bits per heavy atom. The predicted octanol–water partition coefficient (Wildman–Crippen LogP) is 2.71. The van der Waals surface area contributed by atoms with Crippen LogP contribution in [0.4, 0.5) is 14.5 Å². The Bertz CT molecular complexity index is 491. The van der Waals surface area contributed by atoms with E-state index < -0.39 is 17.5 Å². The Morgan fingerprint density at radius 2 is 2.11 bits per heavy atom. The first-order valence-electron chi connectivity index (χ1n) is 6.50. The molecule has 0 bridgehead atoms. The highest BCUT2D eigenvalue weighted by Gasteiger charge is 2.22. The molecule has 1 amide bonds. The summed E-state index contributed by atoms with van der Waals surface area (Å²) in [5, 5.41) is 2.69. The Balaban J connectivity index is 1.98. The van der Waals surface area contributed by atoms with Crippen molar-refractivity contribution < 1.29 is 13.6 Å². The van der Waals surface area contributed by atoms with Crippen LogP contribution in [0, 0.1) is 23.5 Å². The van der Waals surface area contributed by atoms with Crippen molar-refractivity contribution in [2.75, 3.05) is 12.3 Å². The minimum absolute atomic E-state index is 0.204. The highest BCUT2D eigenvalue weighted by Crippen LogP contribution is 2.29. The number of rotatable bonds is 3. The van der Waals surface area contributed by atoms with Gasteiger partial charge in [0.2, 0.25) is 0 Å². The SMILES string of the molecule is CC1CCC(CNC(=O)c2cc(N)c(F)cc2F)C1. The van der Waals surface area contributed by atoms with E-state index in [1.807, 2.05) is 0 Å². The highest BCUT2D eigenvalue weighted by atomic mass is 19.1. The largest absolute Gasteiger partial charge is 0.396 e. The number of hydrogen-bond acceptors (Lipinski definition) is 2. The van der Waals surface area contributed by atoms with Gasteiger partial charge in [0.15, 0.2) is 0 Å². The maximum absolute atomic E-state index is 13.5. The number of nitrogen functional groups attached to an aromatic ring is 1. The summed E-state index contributed by atoms with van der Waals surface area (Å²) in [4.78, 5) is 11.8. The number of hydrogen-bond donors (Lipinski definition) is 2. The molecule has 1 aromatic rings. The van der Waals surface area contributed by atoms with Gasteiger partial charge in [-0.15, -0.1) is 0 Å². The molecular weight excluding hydrogens is 250 g/mol. The van der Waals surface area contributed by atoms with Gasteiger partial charge in [-0.05, 0) is 30.7 Å².